The predicted octanol–water partition coefficient (Wildman–Crippen LogP) is 3.55. The second kappa shape index (κ2) is 9.01. The minimum Gasteiger partial charge on any atom is -0.472 e. The van der Waals surface area contributed by atoms with E-state index in [2.05, 4.69) is 20.0 Å². The molecule has 0 saturated carbocycles. The van der Waals surface area contributed by atoms with Gasteiger partial charge in [0, 0.05) is 6.07 Å². The van der Waals surface area contributed by atoms with Gasteiger partial charge in [-0.3, -0.25) is 0 Å². The summed E-state index contributed by atoms with van der Waals surface area (Å²) in [4.78, 5) is 7.91. The molecule has 2 aromatic rings. The maximum absolute atomic E-state index is 12.4. The summed E-state index contributed by atoms with van der Waals surface area (Å²) in [6.45, 7) is -0.841. The quantitative estimate of drug-likeness (QED) is 0.429. The number of alkyl halides is 5. The fourth-order valence-electron chi connectivity index (χ4n) is 1.90. The van der Waals surface area contributed by atoms with Crippen molar-refractivity contribution in [2.45, 2.75) is 19.3 Å². The number of benzene rings is 1. The molecular formula is C16H15F5N4O2. The van der Waals surface area contributed by atoms with Gasteiger partial charge in [-0.05, 0) is 18.2 Å². The van der Waals surface area contributed by atoms with Gasteiger partial charge in [-0.2, -0.15) is 0 Å². The Balaban J connectivity index is 2.02. The molecule has 6 nitrogen and oxygen atoms in total. The Bertz CT molecular complexity index is 783. The van der Waals surface area contributed by atoms with Crippen LogP contribution >= 0.6 is 0 Å². The average molecular weight is 390 g/mol. The van der Waals surface area contributed by atoms with Gasteiger partial charge >= 0.3 is 6.36 Å². The van der Waals surface area contributed by atoms with E-state index in [-0.39, 0.29) is 24.1 Å². The first-order valence-corrected chi connectivity index (χ1v) is 7.51. The molecule has 0 fully saturated rings. The SMILES string of the molecule is NC(=NCc1cccc(OCC(F)F)n1)Nc1ccccc1OC(F)(F)F. The highest BCUT2D eigenvalue weighted by atomic mass is 19.4. The molecule has 0 aliphatic heterocycles. The van der Waals surface area contributed by atoms with Crippen LogP contribution in [0.3, 0.4) is 0 Å². The van der Waals surface area contributed by atoms with Crippen LogP contribution in [-0.2, 0) is 6.54 Å². The first-order chi connectivity index (χ1) is 12.7. The van der Waals surface area contributed by atoms with Gasteiger partial charge in [0.25, 0.3) is 6.43 Å². The van der Waals surface area contributed by atoms with Gasteiger partial charge in [-0.15, -0.1) is 13.2 Å². The Morgan fingerprint density at radius 3 is 2.59 bits per heavy atom. The Hall–Kier alpha value is -3.11. The molecule has 0 aliphatic carbocycles. The number of halogens is 5. The van der Waals surface area contributed by atoms with Crippen molar-refractivity contribution >= 4 is 11.6 Å². The van der Waals surface area contributed by atoms with E-state index in [9.17, 15) is 22.0 Å². The van der Waals surface area contributed by atoms with Crippen molar-refractivity contribution in [1.29, 1.82) is 0 Å². The van der Waals surface area contributed by atoms with Crippen LogP contribution in [0.25, 0.3) is 0 Å². The lowest BCUT2D eigenvalue weighted by Crippen LogP contribution is -2.24. The number of nitrogens with two attached hydrogens (primary N) is 1. The van der Waals surface area contributed by atoms with E-state index in [1.807, 2.05) is 0 Å². The number of nitrogens with zero attached hydrogens (tertiary/aromatic N) is 2. The number of hydrogen-bond donors (Lipinski definition) is 2. The highest BCUT2D eigenvalue weighted by Crippen LogP contribution is 2.29. The highest BCUT2D eigenvalue weighted by Gasteiger charge is 2.32. The van der Waals surface area contributed by atoms with Crippen molar-refractivity contribution in [3.63, 3.8) is 0 Å². The number of nitrogens with one attached hydrogen (secondary N) is 1. The summed E-state index contributed by atoms with van der Waals surface area (Å²) in [5, 5.41) is 2.50. The monoisotopic (exact) mass is 390 g/mol. The zero-order valence-electron chi connectivity index (χ0n) is 13.7. The number of guanidine groups is 1. The third-order valence-electron chi connectivity index (χ3n) is 2.93. The molecule has 11 heteroatoms. The Labute approximate surface area is 150 Å². The van der Waals surface area contributed by atoms with E-state index < -0.39 is 25.1 Å². The number of para-hydroxylation sites is 2. The van der Waals surface area contributed by atoms with Crippen LogP contribution in [0.5, 0.6) is 11.6 Å². The van der Waals surface area contributed by atoms with Crippen molar-refractivity contribution in [3.05, 3.63) is 48.2 Å². The molecular weight excluding hydrogens is 375 g/mol. The molecule has 0 saturated heterocycles. The van der Waals surface area contributed by atoms with E-state index in [4.69, 9.17) is 10.5 Å². The van der Waals surface area contributed by atoms with E-state index in [0.717, 1.165) is 6.07 Å². The van der Waals surface area contributed by atoms with Gasteiger partial charge < -0.3 is 20.5 Å². The van der Waals surface area contributed by atoms with E-state index in [0.29, 0.717) is 5.69 Å². The van der Waals surface area contributed by atoms with E-state index in [1.165, 1.54) is 30.3 Å². The zero-order valence-corrected chi connectivity index (χ0v) is 13.7. The summed E-state index contributed by atoms with van der Waals surface area (Å²) in [7, 11) is 0. The number of hydrogen-bond acceptors (Lipinski definition) is 4. The maximum Gasteiger partial charge on any atom is 0.573 e. The van der Waals surface area contributed by atoms with Crippen LogP contribution in [0.1, 0.15) is 5.69 Å². The second-order valence-electron chi connectivity index (χ2n) is 5.04. The minimum absolute atomic E-state index is 0.00143. The van der Waals surface area contributed by atoms with Gasteiger partial charge in [-0.1, -0.05) is 18.2 Å². The van der Waals surface area contributed by atoms with Gasteiger partial charge in [0.15, 0.2) is 18.3 Å². The molecule has 27 heavy (non-hydrogen) atoms. The largest absolute Gasteiger partial charge is 0.573 e. The number of pyridine rings is 1. The standard InChI is InChI=1S/C16H15F5N4O2/c17-13(18)9-26-14-7-3-4-10(24-14)8-23-15(22)25-11-5-1-2-6-12(11)27-16(19,20)21/h1-7,13H,8-9H2,(H3,22,23,25). The number of aliphatic imine (C=N–C) groups is 1. The lowest BCUT2D eigenvalue weighted by molar-refractivity contribution is -0.274. The number of aromatic nitrogens is 1. The minimum atomic E-state index is -4.85. The molecule has 1 aromatic carbocycles. The van der Waals surface area contributed by atoms with Crippen LogP contribution in [-0.4, -0.2) is 30.3 Å². The first-order valence-electron chi connectivity index (χ1n) is 7.51. The smallest absolute Gasteiger partial charge is 0.472 e. The summed E-state index contributed by atoms with van der Waals surface area (Å²) in [5.74, 6) is -0.656. The molecule has 0 amide bonds. The summed E-state index contributed by atoms with van der Waals surface area (Å²) < 4.78 is 70.2. The lowest BCUT2D eigenvalue weighted by Gasteiger charge is -2.14. The van der Waals surface area contributed by atoms with Crippen molar-refractivity contribution in [2.24, 2.45) is 10.7 Å². The van der Waals surface area contributed by atoms with Crippen molar-refractivity contribution in [3.8, 4) is 11.6 Å². The summed E-state index contributed by atoms with van der Waals surface area (Å²) in [6, 6.07) is 9.82. The maximum atomic E-state index is 12.4. The third kappa shape index (κ3) is 7.34. The normalized spacial score (nSPS) is 12.1. The molecule has 0 spiro atoms. The van der Waals surface area contributed by atoms with Gasteiger partial charge in [0.05, 0.1) is 17.9 Å². The van der Waals surface area contributed by atoms with Gasteiger partial charge in [0.2, 0.25) is 5.88 Å². The summed E-state index contributed by atoms with van der Waals surface area (Å²) in [5.41, 5.74) is 6.00. The Morgan fingerprint density at radius 1 is 1.15 bits per heavy atom. The first kappa shape index (κ1) is 20.2. The van der Waals surface area contributed by atoms with Crippen LogP contribution < -0.4 is 20.5 Å². The molecule has 1 aromatic heterocycles. The zero-order chi connectivity index (χ0) is 19.9. The molecule has 3 N–H and O–H groups in total. The Kier molecular flexibility index (Phi) is 6.74. The molecule has 0 radical (unpaired) electrons. The molecule has 0 unspecified atom stereocenters. The van der Waals surface area contributed by atoms with Crippen LogP contribution in [0.15, 0.2) is 47.5 Å². The van der Waals surface area contributed by atoms with Crippen molar-refractivity contribution in [2.75, 3.05) is 11.9 Å². The third-order valence-corrected chi connectivity index (χ3v) is 2.93. The highest BCUT2D eigenvalue weighted by molar-refractivity contribution is 5.93. The topological polar surface area (TPSA) is 81.8 Å². The number of rotatable bonds is 7. The summed E-state index contributed by atoms with van der Waals surface area (Å²) >= 11 is 0. The molecule has 0 atom stereocenters. The molecule has 0 aliphatic rings. The average Bonchev–Trinajstić information content (AvgIpc) is 2.59. The van der Waals surface area contributed by atoms with E-state index >= 15 is 0 Å². The van der Waals surface area contributed by atoms with Gasteiger partial charge in [-0.25, -0.2) is 18.8 Å². The van der Waals surface area contributed by atoms with Crippen LogP contribution in [0.2, 0.25) is 0 Å². The summed E-state index contributed by atoms with van der Waals surface area (Å²) in [6.07, 6.45) is -7.49. The van der Waals surface area contributed by atoms with Crippen molar-refractivity contribution < 1.29 is 31.4 Å². The fraction of sp³-hybridized carbons (Fsp3) is 0.250. The Morgan fingerprint density at radius 2 is 1.89 bits per heavy atom. The lowest BCUT2D eigenvalue weighted by atomic mass is 10.3. The fourth-order valence-corrected chi connectivity index (χ4v) is 1.90. The van der Waals surface area contributed by atoms with Crippen LogP contribution in [0.4, 0.5) is 27.6 Å². The van der Waals surface area contributed by atoms with Crippen molar-refractivity contribution in [1.82, 2.24) is 4.98 Å². The van der Waals surface area contributed by atoms with Crippen LogP contribution in [0, 0.1) is 0 Å². The molecule has 1 heterocycles. The second-order valence-corrected chi connectivity index (χ2v) is 5.04. The predicted molar refractivity (Wildman–Crippen MR) is 87.8 cm³/mol. The molecule has 146 valence electrons. The molecule has 2 rings (SSSR count). The number of anilines is 1. The van der Waals surface area contributed by atoms with Gasteiger partial charge in [0.1, 0.15) is 0 Å². The molecule has 0 bridgehead atoms. The van der Waals surface area contributed by atoms with E-state index in [1.54, 1.807) is 6.07 Å². The number of ether oxygens (including phenoxy) is 2.